The van der Waals surface area contributed by atoms with Crippen molar-refractivity contribution in [2.24, 2.45) is 0 Å². The van der Waals surface area contributed by atoms with Crippen LogP contribution in [0.15, 0.2) is 78.9 Å². The van der Waals surface area contributed by atoms with E-state index in [2.05, 4.69) is 4.90 Å². The number of halogens is 2. The Morgan fingerprint density at radius 2 is 1.74 bits per heavy atom. The number of carbonyl (C=O) groups is 1. The molecule has 5 nitrogen and oxygen atoms in total. The van der Waals surface area contributed by atoms with Gasteiger partial charge in [-0.3, -0.25) is 9.69 Å². The molecule has 0 aromatic heterocycles. The number of ether oxygens (including phenoxy) is 1. The molecule has 1 aliphatic heterocycles. The van der Waals surface area contributed by atoms with Crippen molar-refractivity contribution in [3.63, 3.8) is 0 Å². The fraction of sp³-hybridized carbons (Fsp3) is 0.296. The van der Waals surface area contributed by atoms with E-state index in [1.54, 1.807) is 41.3 Å². The molecule has 0 spiro atoms. The van der Waals surface area contributed by atoms with Crippen LogP contribution in [-0.4, -0.2) is 52.6 Å². The van der Waals surface area contributed by atoms with Crippen molar-refractivity contribution in [2.75, 3.05) is 19.7 Å². The lowest BCUT2D eigenvalue weighted by Crippen LogP contribution is -2.60. The molecule has 0 radical (unpaired) electrons. The Morgan fingerprint density at radius 1 is 1.06 bits per heavy atom. The van der Waals surface area contributed by atoms with Gasteiger partial charge in [0.25, 0.3) is 5.91 Å². The zero-order valence-corrected chi connectivity index (χ0v) is 19.7. The summed E-state index contributed by atoms with van der Waals surface area (Å²) in [5.74, 6) is 0.143. The van der Waals surface area contributed by atoms with Crippen LogP contribution in [-0.2, 0) is 11.3 Å². The van der Waals surface area contributed by atoms with Crippen LogP contribution in [0.1, 0.15) is 24.2 Å². The minimum Gasteiger partial charge on any atom is -0.484 e. The zero-order chi connectivity index (χ0) is 24.1. The standard InChI is InChI=1S/C27H28ClFN2O3/c1-19-15-30(16-20-7-11-23(29)12-8-20)25(27(33)21-5-3-2-4-6-21)17-31(19)26(32)18-34-24-13-9-22(28)10-14-24/h2-14,19,25,27,33H,15-18H2,1H3. The lowest BCUT2D eigenvalue weighted by atomic mass is 9.96. The minimum absolute atomic E-state index is 0.0824. The van der Waals surface area contributed by atoms with Crippen LogP contribution in [0.2, 0.25) is 5.02 Å². The van der Waals surface area contributed by atoms with Crippen molar-refractivity contribution in [3.8, 4) is 5.75 Å². The first-order valence-electron chi connectivity index (χ1n) is 11.3. The number of nitrogens with zero attached hydrogens (tertiary/aromatic N) is 2. The van der Waals surface area contributed by atoms with Crippen molar-refractivity contribution in [1.29, 1.82) is 0 Å². The molecule has 1 aliphatic rings. The molecule has 1 heterocycles. The van der Waals surface area contributed by atoms with Gasteiger partial charge in [0.1, 0.15) is 11.6 Å². The van der Waals surface area contributed by atoms with Crippen molar-refractivity contribution in [2.45, 2.75) is 31.7 Å². The van der Waals surface area contributed by atoms with Gasteiger partial charge in [-0.25, -0.2) is 4.39 Å². The van der Waals surface area contributed by atoms with Gasteiger partial charge in [0.15, 0.2) is 6.61 Å². The summed E-state index contributed by atoms with van der Waals surface area (Å²) in [5.41, 5.74) is 1.74. The number of carbonyl (C=O) groups excluding carboxylic acids is 1. The van der Waals surface area contributed by atoms with Gasteiger partial charge in [-0.2, -0.15) is 0 Å². The predicted octanol–water partition coefficient (Wildman–Crippen LogP) is 4.69. The minimum atomic E-state index is -0.790. The van der Waals surface area contributed by atoms with Gasteiger partial charge in [0.2, 0.25) is 0 Å². The van der Waals surface area contributed by atoms with E-state index < -0.39 is 6.10 Å². The maximum Gasteiger partial charge on any atom is 0.260 e. The van der Waals surface area contributed by atoms with Crippen LogP contribution < -0.4 is 4.74 Å². The number of hydrogen-bond acceptors (Lipinski definition) is 4. The lowest BCUT2D eigenvalue weighted by Gasteiger charge is -2.47. The summed E-state index contributed by atoms with van der Waals surface area (Å²) in [5, 5.41) is 11.9. The fourth-order valence-electron chi connectivity index (χ4n) is 4.35. The fourth-order valence-corrected chi connectivity index (χ4v) is 4.48. The summed E-state index contributed by atoms with van der Waals surface area (Å²) in [4.78, 5) is 17.0. The topological polar surface area (TPSA) is 53.0 Å². The highest BCUT2D eigenvalue weighted by Gasteiger charge is 2.38. The van der Waals surface area contributed by atoms with E-state index in [1.807, 2.05) is 37.3 Å². The Bertz CT molecular complexity index is 1080. The summed E-state index contributed by atoms with van der Waals surface area (Å²) in [6, 6.07) is 22.3. The molecule has 3 aromatic rings. The number of aliphatic hydroxyl groups is 1. The third kappa shape index (κ3) is 5.95. The molecule has 1 amide bonds. The van der Waals surface area contributed by atoms with Gasteiger partial charge in [-0.15, -0.1) is 0 Å². The van der Waals surface area contributed by atoms with Crippen molar-refractivity contribution in [3.05, 3.63) is 101 Å². The highest BCUT2D eigenvalue weighted by atomic mass is 35.5. The second-order valence-corrected chi connectivity index (χ2v) is 9.05. The Balaban J connectivity index is 1.50. The first-order valence-corrected chi connectivity index (χ1v) is 11.7. The highest BCUT2D eigenvalue weighted by Crippen LogP contribution is 2.28. The van der Waals surface area contributed by atoms with Crippen LogP contribution in [0.5, 0.6) is 5.75 Å². The number of piperazine rings is 1. The third-order valence-electron chi connectivity index (χ3n) is 6.18. The van der Waals surface area contributed by atoms with E-state index in [4.69, 9.17) is 16.3 Å². The average Bonchev–Trinajstić information content (AvgIpc) is 2.85. The number of benzene rings is 3. The lowest BCUT2D eigenvalue weighted by molar-refractivity contribution is -0.142. The molecular formula is C27H28ClFN2O3. The van der Waals surface area contributed by atoms with E-state index in [0.717, 1.165) is 11.1 Å². The largest absolute Gasteiger partial charge is 0.484 e. The number of amides is 1. The molecule has 4 rings (SSSR count). The smallest absolute Gasteiger partial charge is 0.260 e. The Kier molecular flexibility index (Phi) is 7.83. The third-order valence-corrected chi connectivity index (χ3v) is 6.44. The van der Waals surface area contributed by atoms with E-state index in [1.165, 1.54) is 12.1 Å². The highest BCUT2D eigenvalue weighted by molar-refractivity contribution is 6.30. The summed E-state index contributed by atoms with van der Waals surface area (Å²) >= 11 is 5.91. The molecule has 34 heavy (non-hydrogen) atoms. The average molecular weight is 483 g/mol. The number of aliphatic hydroxyl groups excluding tert-OH is 1. The van der Waals surface area contributed by atoms with Gasteiger partial charge in [0, 0.05) is 30.7 Å². The molecule has 7 heteroatoms. The predicted molar refractivity (Wildman–Crippen MR) is 130 cm³/mol. The molecule has 3 atom stereocenters. The molecule has 0 aliphatic carbocycles. The number of hydrogen-bond donors (Lipinski definition) is 1. The van der Waals surface area contributed by atoms with Crippen LogP contribution in [0.25, 0.3) is 0 Å². The van der Waals surface area contributed by atoms with Gasteiger partial charge >= 0.3 is 0 Å². The van der Waals surface area contributed by atoms with E-state index in [0.29, 0.717) is 30.4 Å². The number of rotatable bonds is 7. The maximum absolute atomic E-state index is 13.4. The van der Waals surface area contributed by atoms with Crippen LogP contribution in [0.4, 0.5) is 4.39 Å². The van der Waals surface area contributed by atoms with Gasteiger partial charge in [-0.1, -0.05) is 54.1 Å². The van der Waals surface area contributed by atoms with E-state index in [-0.39, 0.29) is 30.4 Å². The second kappa shape index (κ2) is 11.0. The van der Waals surface area contributed by atoms with Crippen molar-refractivity contribution < 1.29 is 19.0 Å². The Morgan fingerprint density at radius 3 is 2.41 bits per heavy atom. The summed E-state index contributed by atoms with van der Waals surface area (Å²) in [7, 11) is 0. The summed E-state index contributed by atoms with van der Waals surface area (Å²) < 4.78 is 19.1. The molecule has 1 fully saturated rings. The normalized spacial score (nSPS) is 19.6. The first kappa shape index (κ1) is 24.2. The molecule has 1 N–H and O–H groups in total. The van der Waals surface area contributed by atoms with Gasteiger partial charge in [-0.05, 0) is 54.4 Å². The quantitative estimate of drug-likeness (QED) is 0.530. The maximum atomic E-state index is 13.4. The molecule has 3 unspecified atom stereocenters. The zero-order valence-electron chi connectivity index (χ0n) is 19.0. The first-order chi connectivity index (χ1) is 16.4. The molecule has 1 saturated heterocycles. The summed E-state index contributed by atoms with van der Waals surface area (Å²) in [6.07, 6.45) is -0.790. The van der Waals surface area contributed by atoms with Crippen molar-refractivity contribution in [1.82, 2.24) is 9.80 Å². The molecule has 0 bridgehead atoms. The monoisotopic (exact) mass is 482 g/mol. The molecular weight excluding hydrogens is 455 g/mol. The molecule has 3 aromatic carbocycles. The second-order valence-electron chi connectivity index (χ2n) is 8.62. The molecule has 178 valence electrons. The van der Waals surface area contributed by atoms with Crippen LogP contribution in [0, 0.1) is 5.82 Å². The van der Waals surface area contributed by atoms with Crippen molar-refractivity contribution >= 4 is 17.5 Å². The van der Waals surface area contributed by atoms with Crippen LogP contribution in [0.3, 0.4) is 0 Å². The Labute approximate surface area is 204 Å². The van der Waals surface area contributed by atoms with E-state index >= 15 is 0 Å². The van der Waals surface area contributed by atoms with E-state index in [9.17, 15) is 14.3 Å². The SMILES string of the molecule is CC1CN(Cc2ccc(F)cc2)C(C(O)c2ccccc2)CN1C(=O)COc1ccc(Cl)cc1. The van der Waals surface area contributed by atoms with Gasteiger partial charge in [0.05, 0.1) is 12.1 Å². The van der Waals surface area contributed by atoms with Gasteiger partial charge < -0.3 is 14.7 Å². The summed E-state index contributed by atoms with van der Waals surface area (Å²) in [6.45, 7) is 3.35. The van der Waals surface area contributed by atoms with Crippen LogP contribution >= 0.6 is 11.6 Å². The molecule has 0 saturated carbocycles. The Hall–Kier alpha value is -2.93.